The number of carbonyl (C=O) groups excluding carboxylic acids is 1. The van der Waals surface area contributed by atoms with E-state index in [1.807, 2.05) is 13.0 Å². The second-order valence-corrected chi connectivity index (χ2v) is 4.25. The molecule has 2 rings (SSSR count). The molecule has 0 saturated carbocycles. The molecule has 19 heavy (non-hydrogen) atoms. The zero-order valence-electron chi connectivity index (χ0n) is 10.5. The van der Waals surface area contributed by atoms with E-state index in [-0.39, 0.29) is 11.1 Å². The molecule has 0 spiro atoms. The van der Waals surface area contributed by atoms with Crippen LogP contribution in [0.5, 0.6) is 5.75 Å². The Bertz CT molecular complexity index is 599. The second-order valence-electron chi connectivity index (χ2n) is 3.86. The minimum absolute atomic E-state index is 0.273. The van der Waals surface area contributed by atoms with Gasteiger partial charge in [0.15, 0.2) is 5.82 Å². The molecular weight excluding hydrogens is 266 g/mol. The maximum atomic E-state index is 12.0. The molecule has 1 N–H and O–H groups in total. The Hall–Kier alpha value is -2.14. The molecule has 0 saturated heterocycles. The van der Waals surface area contributed by atoms with Gasteiger partial charge in [-0.1, -0.05) is 17.7 Å². The van der Waals surface area contributed by atoms with Crippen molar-refractivity contribution in [2.45, 2.75) is 6.92 Å². The molecule has 0 aliphatic carbocycles. The van der Waals surface area contributed by atoms with Crippen LogP contribution in [0.4, 0.5) is 5.82 Å². The van der Waals surface area contributed by atoms with Gasteiger partial charge in [-0.3, -0.25) is 4.79 Å². The number of aryl methyl sites for hydroxylation is 1. The topological polar surface area (TPSA) is 64.1 Å². The molecular formula is C13H12ClN3O2. The van der Waals surface area contributed by atoms with Crippen molar-refractivity contribution in [2.24, 2.45) is 0 Å². The Morgan fingerprint density at radius 3 is 2.74 bits per heavy atom. The first-order valence-electron chi connectivity index (χ1n) is 5.53. The van der Waals surface area contributed by atoms with E-state index in [0.29, 0.717) is 17.1 Å². The summed E-state index contributed by atoms with van der Waals surface area (Å²) < 4.78 is 5.18. The molecule has 1 aromatic carbocycles. The molecule has 0 unspecified atom stereocenters. The number of carbonyl (C=O) groups is 1. The van der Waals surface area contributed by atoms with Gasteiger partial charge in [0.05, 0.1) is 19.5 Å². The number of nitrogens with one attached hydrogen (secondary N) is 1. The number of methoxy groups -OCH3 is 1. The minimum Gasteiger partial charge on any atom is -0.496 e. The highest BCUT2D eigenvalue weighted by Crippen LogP contribution is 2.19. The third-order valence-electron chi connectivity index (χ3n) is 2.53. The molecule has 0 bridgehead atoms. The Morgan fingerprint density at radius 2 is 2.11 bits per heavy atom. The van der Waals surface area contributed by atoms with Crippen LogP contribution in [-0.2, 0) is 0 Å². The van der Waals surface area contributed by atoms with E-state index < -0.39 is 0 Å². The average molecular weight is 278 g/mol. The minimum atomic E-state index is -0.282. The van der Waals surface area contributed by atoms with E-state index in [1.54, 1.807) is 19.2 Å². The lowest BCUT2D eigenvalue weighted by Gasteiger charge is -2.08. The highest BCUT2D eigenvalue weighted by atomic mass is 35.5. The summed E-state index contributed by atoms with van der Waals surface area (Å²) in [4.78, 5) is 19.8. The zero-order valence-corrected chi connectivity index (χ0v) is 11.2. The van der Waals surface area contributed by atoms with Gasteiger partial charge < -0.3 is 10.1 Å². The molecule has 98 valence electrons. The quantitative estimate of drug-likeness (QED) is 0.937. The van der Waals surface area contributed by atoms with Crippen molar-refractivity contribution in [3.05, 3.63) is 46.9 Å². The van der Waals surface area contributed by atoms with Gasteiger partial charge in [0.1, 0.15) is 10.9 Å². The van der Waals surface area contributed by atoms with Crippen LogP contribution in [0.3, 0.4) is 0 Å². The normalized spacial score (nSPS) is 10.1. The van der Waals surface area contributed by atoms with Crippen molar-refractivity contribution in [2.75, 3.05) is 12.4 Å². The van der Waals surface area contributed by atoms with Crippen LogP contribution in [0.25, 0.3) is 0 Å². The van der Waals surface area contributed by atoms with Crippen LogP contribution in [0, 0.1) is 6.92 Å². The fraction of sp³-hybridized carbons (Fsp3) is 0.154. The van der Waals surface area contributed by atoms with Crippen LogP contribution < -0.4 is 10.1 Å². The van der Waals surface area contributed by atoms with Gasteiger partial charge in [-0.15, -0.1) is 0 Å². The number of anilines is 1. The van der Waals surface area contributed by atoms with Crippen LogP contribution >= 0.6 is 11.6 Å². The van der Waals surface area contributed by atoms with Crippen LogP contribution in [0.15, 0.2) is 30.6 Å². The lowest BCUT2D eigenvalue weighted by Crippen LogP contribution is -2.13. The van der Waals surface area contributed by atoms with Crippen LogP contribution in [0.2, 0.25) is 5.15 Å². The summed E-state index contributed by atoms with van der Waals surface area (Å²) in [5.41, 5.74) is 1.45. The van der Waals surface area contributed by atoms with Crippen molar-refractivity contribution in [1.29, 1.82) is 0 Å². The summed E-state index contributed by atoms with van der Waals surface area (Å²) in [5.74, 6) is 0.721. The smallest absolute Gasteiger partial charge is 0.256 e. The van der Waals surface area contributed by atoms with Gasteiger partial charge >= 0.3 is 0 Å². The summed E-state index contributed by atoms with van der Waals surface area (Å²) in [6.07, 6.45) is 2.76. The molecule has 2 aromatic rings. The predicted octanol–water partition coefficient (Wildman–Crippen LogP) is 2.70. The number of benzene rings is 1. The third-order valence-corrected chi connectivity index (χ3v) is 2.73. The fourth-order valence-corrected chi connectivity index (χ4v) is 1.62. The standard InChI is InChI=1S/C13H12ClN3O2/c1-8-3-4-9(5-10(8)19-2)13(18)17-12-7-15-11(14)6-16-12/h3-7H,1-2H3,(H,16,17,18). The van der Waals surface area contributed by atoms with Gasteiger partial charge in [0.2, 0.25) is 0 Å². The third kappa shape index (κ3) is 3.20. The van der Waals surface area contributed by atoms with Gasteiger partial charge in [-0.05, 0) is 24.6 Å². The van der Waals surface area contributed by atoms with E-state index in [0.717, 1.165) is 5.56 Å². The number of aromatic nitrogens is 2. The molecule has 0 atom stereocenters. The van der Waals surface area contributed by atoms with Crippen molar-refractivity contribution < 1.29 is 9.53 Å². The Kier molecular flexibility index (Phi) is 3.97. The predicted molar refractivity (Wildman–Crippen MR) is 72.7 cm³/mol. The van der Waals surface area contributed by atoms with E-state index in [2.05, 4.69) is 15.3 Å². The fourth-order valence-electron chi connectivity index (χ4n) is 1.53. The van der Waals surface area contributed by atoms with Crippen molar-refractivity contribution in [3.63, 3.8) is 0 Å². The SMILES string of the molecule is COc1cc(C(=O)Nc2cnc(Cl)cn2)ccc1C. The molecule has 1 amide bonds. The lowest BCUT2D eigenvalue weighted by atomic mass is 10.1. The monoisotopic (exact) mass is 277 g/mol. The summed E-state index contributed by atoms with van der Waals surface area (Å²) >= 11 is 5.62. The number of ether oxygens (including phenoxy) is 1. The first-order valence-corrected chi connectivity index (χ1v) is 5.91. The summed E-state index contributed by atoms with van der Waals surface area (Å²) in [5, 5.41) is 2.90. The lowest BCUT2D eigenvalue weighted by molar-refractivity contribution is 0.102. The summed E-state index contributed by atoms with van der Waals surface area (Å²) in [7, 11) is 1.56. The van der Waals surface area contributed by atoms with Crippen LogP contribution in [-0.4, -0.2) is 23.0 Å². The molecule has 6 heteroatoms. The van der Waals surface area contributed by atoms with Gasteiger partial charge in [-0.2, -0.15) is 0 Å². The molecule has 1 aromatic heterocycles. The number of rotatable bonds is 3. The number of hydrogen-bond donors (Lipinski definition) is 1. The molecule has 0 aliphatic rings. The molecule has 1 heterocycles. The van der Waals surface area contributed by atoms with E-state index >= 15 is 0 Å². The molecule has 0 aliphatic heterocycles. The highest BCUT2D eigenvalue weighted by molar-refractivity contribution is 6.29. The van der Waals surface area contributed by atoms with E-state index in [1.165, 1.54) is 12.4 Å². The van der Waals surface area contributed by atoms with E-state index in [4.69, 9.17) is 16.3 Å². The number of halogens is 1. The largest absolute Gasteiger partial charge is 0.496 e. The Balaban J connectivity index is 2.18. The first kappa shape index (κ1) is 13.3. The Labute approximate surface area is 115 Å². The van der Waals surface area contributed by atoms with Gasteiger partial charge in [0, 0.05) is 5.56 Å². The van der Waals surface area contributed by atoms with Gasteiger partial charge in [0.25, 0.3) is 5.91 Å². The molecule has 5 nitrogen and oxygen atoms in total. The van der Waals surface area contributed by atoms with Crippen molar-refractivity contribution in [3.8, 4) is 5.75 Å². The van der Waals surface area contributed by atoms with E-state index in [9.17, 15) is 4.79 Å². The Morgan fingerprint density at radius 1 is 1.32 bits per heavy atom. The number of nitrogens with zero attached hydrogens (tertiary/aromatic N) is 2. The van der Waals surface area contributed by atoms with Crippen molar-refractivity contribution >= 4 is 23.3 Å². The first-order chi connectivity index (χ1) is 9.10. The maximum absolute atomic E-state index is 12.0. The van der Waals surface area contributed by atoms with Crippen molar-refractivity contribution in [1.82, 2.24) is 9.97 Å². The van der Waals surface area contributed by atoms with Crippen LogP contribution in [0.1, 0.15) is 15.9 Å². The molecule has 0 radical (unpaired) electrons. The summed E-state index contributed by atoms with van der Waals surface area (Å²) in [6, 6.07) is 5.21. The maximum Gasteiger partial charge on any atom is 0.256 e. The number of amides is 1. The average Bonchev–Trinajstić information content (AvgIpc) is 2.42. The second kappa shape index (κ2) is 5.67. The summed E-state index contributed by atoms with van der Waals surface area (Å²) in [6.45, 7) is 1.91. The zero-order chi connectivity index (χ0) is 13.8. The molecule has 0 fully saturated rings. The number of hydrogen-bond acceptors (Lipinski definition) is 4. The highest BCUT2D eigenvalue weighted by Gasteiger charge is 2.09. The van der Waals surface area contributed by atoms with Gasteiger partial charge in [-0.25, -0.2) is 9.97 Å².